The predicted octanol–water partition coefficient (Wildman–Crippen LogP) is 2.68. The molecule has 3 atom stereocenters. The molecule has 0 fully saturated rings. The third-order valence-electron chi connectivity index (χ3n) is 6.49. The van der Waals surface area contributed by atoms with Gasteiger partial charge in [-0.05, 0) is 49.8 Å². The lowest BCUT2D eigenvalue weighted by atomic mass is 10.0. The topological polar surface area (TPSA) is 142 Å². The smallest absolute Gasteiger partial charge is 0.273 e. The van der Waals surface area contributed by atoms with Crippen molar-refractivity contribution in [1.29, 1.82) is 0 Å². The number of fused-ring (bicyclic) bond motifs is 2. The van der Waals surface area contributed by atoms with Crippen LogP contribution < -0.4 is 21.3 Å². The number of hydrogen-bond donors (Lipinski definition) is 4. The van der Waals surface area contributed by atoms with E-state index in [2.05, 4.69) is 31.2 Å². The van der Waals surface area contributed by atoms with Crippen molar-refractivity contribution in [1.82, 2.24) is 31.2 Å². The molecule has 0 radical (unpaired) electrons. The van der Waals surface area contributed by atoms with Gasteiger partial charge >= 0.3 is 0 Å². The van der Waals surface area contributed by atoms with Gasteiger partial charge in [-0.1, -0.05) is 37.3 Å². The van der Waals surface area contributed by atoms with Gasteiger partial charge in [0, 0.05) is 18.1 Å². The van der Waals surface area contributed by atoms with Crippen LogP contribution in [0, 0.1) is 5.82 Å². The first kappa shape index (κ1) is 28.8. The standard InChI is InChI=1S/C28H31FN6O4S/c1-2-19-25(37)34-21(15-17-9-4-3-5-10-17)28-35-22(16-40-28)24(36)31-13-7-6-12-20(26(38)32-19)33-27(39)23-18(29)11-8-14-30-23/h3-5,8-11,14,16,19-21H,2,6-7,12-13,15H2,1H3,(H,31,36)(H,32,38)(H,33,39)(H,34,37)/t19-,20+,21+/m1/s1. The molecular formula is C28H31FN6O4S. The molecule has 2 aromatic heterocycles. The van der Waals surface area contributed by atoms with Gasteiger partial charge in [0.15, 0.2) is 11.5 Å². The van der Waals surface area contributed by atoms with E-state index in [1.807, 2.05) is 30.3 Å². The van der Waals surface area contributed by atoms with E-state index in [0.29, 0.717) is 30.8 Å². The van der Waals surface area contributed by atoms with Crippen LogP contribution in [0.5, 0.6) is 0 Å². The average Bonchev–Trinajstić information content (AvgIpc) is 3.45. The zero-order valence-corrected chi connectivity index (χ0v) is 22.8. The Morgan fingerprint density at radius 3 is 2.58 bits per heavy atom. The van der Waals surface area contributed by atoms with Crippen LogP contribution in [0.2, 0.25) is 0 Å². The molecule has 4 N–H and O–H groups in total. The molecule has 1 aromatic carbocycles. The predicted molar refractivity (Wildman–Crippen MR) is 147 cm³/mol. The number of nitrogens with zero attached hydrogens (tertiary/aromatic N) is 2. The quantitative estimate of drug-likeness (QED) is 0.374. The highest BCUT2D eigenvalue weighted by molar-refractivity contribution is 7.09. The summed E-state index contributed by atoms with van der Waals surface area (Å²) in [5.41, 5.74) is 0.803. The largest absolute Gasteiger partial charge is 0.351 e. The highest BCUT2D eigenvalue weighted by atomic mass is 32.1. The maximum Gasteiger partial charge on any atom is 0.273 e. The second kappa shape index (κ2) is 13.7. The Labute approximate surface area is 235 Å². The van der Waals surface area contributed by atoms with E-state index in [1.165, 1.54) is 23.6 Å². The van der Waals surface area contributed by atoms with E-state index in [0.717, 1.165) is 11.6 Å². The summed E-state index contributed by atoms with van der Waals surface area (Å²) in [6, 6.07) is 9.55. The van der Waals surface area contributed by atoms with Gasteiger partial charge in [-0.3, -0.25) is 19.2 Å². The molecule has 3 heterocycles. The van der Waals surface area contributed by atoms with Crippen molar-refractivity contribution in [3.05, 3.63) is 81.8 Å². The van der Waals surface area contributed by atoms with Crippen LogP contribution in [0.1, 0.15) is 70.2 Å². The van der Waals surface area contributed by atoms with Crippen molar-refractivity contribution < 1.29 is 23.6 Å². The van der Waals surface area contributed by atoms with Gasteiger partial charge in [0.1, 0.15) is 22.8 Å². The number of hydrogen-bond acceptors (Lipinski definition) is 7. The van der Waals surface area contributed by atoms with E-state index in [1.54, 1.807) is 12.3 Å². The molecule has 0 spiro atoms. The molecule has 1 aliphatic rings. The number of amides is 4. The first-order valence-electron chi connectivity index (χ1n) is 13.2. The highest BCUT2D eigenvalue weighted by Gasteiger charge is 2.29. The molecule has 210 valence electrons. The summed E-state index contributed by atoms with van der Waals surface area (Å²) in [4.78, 5) is 60.4. The fraction of sp³-hybridized carbons (Fsp3) is 0.357. The normalized spacial score (nSPS) is 20.6. The Bertz CT molecular complexity index is 1350. The zero-order valence-electron chi connectivity index (χ0n) is 22.0. The number of carbonyl (C=O) groups excluding carboxylic acids is 4. The summed E-state index contributed by atoms with van der Waals surface area (Å²) < 4.78 is 14.1. The number of nitrogens with one attached hydrogen (secondary N) is 4. The van der Waals surface area contributed by atoms with E-state index < -0.39 is 47.4 Å². The molecule has 40 heavy (non-hydrogen) atoms. The first-order chi connectivity index (χ1) is 19.4. The molecule has 3 aromatic rings. The third kappa shape index (κ3) is 7.47. The third-order valence-corrected chi connectivity index (χ3v) is 7.45. The maximum atomic E-state index is 14.1. The Balaban J connectivity index is 1.57. The van der Waals surface area contributed by atoms with Gasteiger partial charge in [0.25, 0.3) is 11.8 Å². The SMILES string of the molecule is CC[C@H]1NC(=O)[C@@H](NC(=O)c2ncccc2F)CCCCNC(=O)c2csc(n2)[C@H](Cc2ccccc2)NC1=O. The summed E-state index contributed by atoms with van der Waals surface area (Å²) in [7, 11) is 0. The Kier molecular flexibility index (Phi) is 9.90. The molecule has 4 amide bonds. The number of carbonyl (C=O) groups is 4. The van der Waals surface area contributed by atoms with Crippen molar-refractivity contribution >= 4 is 35.0 Å². The summed E-state index contributed by atoms with van der Waals surface area (Å²) in [6.07, 6.45) is 3.20. The van der Waals surface area contributed by atoms with Crippen LogP contribution in [-0.4, -0.2) is 52.2 Å². The molecule has 0 saturated heterocycles. The first-order valence-corrected chi connectivity index (χ1v) is 14.0. The van der Waals surface area contributed by atoms with Gasteiger partial charge in [0.05, 0.1) is 6.04 Å². The lowest BCUT2D eigenvalue weighted by Crippen LogP contribution is -2.54. The fourth-order valence-electron chi connectivity index (χ4n) is 4.31. The van der Waals surface area contributed by atoms with Crippen LogP contribution in [0.15, 0.2) is 54.0 Å². The van der Waals surface area contributed by atoms with Gasteiger partial charge in [-0.2, -0.15) is 0 Å². The number of aromatic nitrogens is 2. The summed E-state index contributed by atoms with van der Waals surface area (Å²) in [5, 5.41) is 13.3. The molecule has 0 aliphatic carbocycles. The van der Waals surface area contributed by atoms with E-state index in [9.17, 15) is 23.6 Å². The van der Waals surface area contributed by atoms with Crippen molar-refractivity contribution in [3.8, 4) is 0 Å². The molecule has 0 unspecified atom stereocenters. The van der Waals surface area contributed by atoms with Crippen LogP contribution in [0.3, 0.4) is 0 Å². The van der Waals surface area contributed by atoms with E-state index in [4.69, 9.17) is 0 Å². The molecular weight excluding hydrogens is 535 g/mol. The zero-order chi connectivity index (χ0) is 28.5. The minimum absolute atomic E-state index is 0.206. The Morgan fingerprint density at radius 1 is 1.05 bits per heavy atom. The van der Waals surface area contributed by atoms with E-state index >= 15 is 0 Å². The number of pyridine rings is 1. The fourth-order valence-corrected chi connectivity index (χ4v) is 5.16. The number of halogens is 1. The van der Waals surface area contributed by atoms with Crippen LogP contribution in [0.4, 0.5) is 4.39 Å². The van der Waals surface area contributed by atoms with Crippen molar-refractivity contribution in [3.63, 3.8) is 0 Å². The Hall–Kier alpha value is -4.19. The molecule has 0 saturated carbocycles. The van der Waals surface area contributed by atoms with Crippen molar-refractivity contribution in [2.24, 2.45) is 0 Å². The number of benzene rings is 1. The second-order valence-corrected chi connectivity index (χ2v) is 10.3. The second-order valence-electron chi connectivity index (χ2n) is 9.40. The molecule has 10 nitrogen and oxygen atoms in total. The van der Waals surface area contributed by atoms with Gasteiger partial charge in [-0.15, -0.1) is 11.3 Å². The van der Waals surface area contributed by atoms with Crippen LogP contribution in [-0.2, 0) is 16.0 Å². The molecule has 1 aliphatic heterocycles. The molecule has 2 bridgehead atoms. The number of rotatable bonds is 5. The van der Waals surface area contributed by atoms with Crippen molar-refractivity contribution in [2.75, 3.05) is 6.54 Å². The lowest BCUT2D eigenvalue weighted by molar-refractivity contribution is -0.130. The average molecular weight is 567 g/mol. The van der Waals surface area contributed by atoms with Crippen LogP contribution in [0.25, 0.3) is 0 Å². The molecule has 4 rings (SSSR count). The minimum Gasteiger partial charge on any atom is -0.351 e. The summed E-state index contributed by atoms with van der Waals surface area (Å²) >= 11 is 1.28. The van der Waals surface area contributed by atoms with Crippen molar-refractivity contribution in [2.45, 2.75) is 57.2 Å². The van der Waals surface area contributed by atoms with Crippen LogP contribution >= 0.6 is 11.3 Å². The summed E-state index contributed by atoms with van der Waals surface area (Å²) in [6.45, 7) is 2.10. The molecule has 12 heteroatoms. The van der Waals surface area contributed by atoms with Gasteiger partial charge in [-0.25, -0.2) is 14.4 Å². The summed E-state index contributed by atoms with van der Waals surface area (Å²) in [5.74, 6) is -2.97. The lowest BCUT2D eigenvalue weighted by Gasteiger charge is -2.25. The monoisotopic (exact) mass is 566 g/mol. The maximum absolute atomic E-state index is 14.1. The minimum atomic E-state index is -1.04. The number of thiazole rings is 1. The van der Waals surface area contributed by atoms with Gasteiger partial charge < -0.3 is 21.3 Å². The Morgan fingerprint density at radius 2 is 1.82 bits per heavy atom. The van der Waals surface area contributed by atoms with E-state index in [-0.39, 0.29) is 24.4 Å². The highest BCUT2D eigenvalue weighted by Crippen LogP contribution is 2.23. The van der Waals surface area contributed by atoms with Gasteiger partial charge in [0.2, 0.25) is 11.8 Å².